The molecule has 0 fully saturated rings. The lowest BCUT2D eigenvalue weighted by molar-refractivity contribution is 0.0893. The van der Waals surface area contributed by atoms with Crippen molar-refractivity contribution in [2.45, 2.75) is 4.90 Å². The van der Waals surface area contributed by atoms with E-state index in [0.717, 1.165) is 6.26 Å². The number of furan rings is 1. The fraction of sp³-hybridized carbons (Fsp3) is 0.154. The molecule has 0 atom stereocenters. The maximum absolute atomic E-state index is 11.6. The van der Waals surface area contributed by atoms with Gasteiger partial charge in [0.2, 0.25) is 5.78 Å². The minimum Gasteiger partial charge on any atom is -0.485 e. The van der Waals surface area contributed by atoms with Crippen molar-refractivity contribution >= 4 is 15.6 Å². The fourth-order valence-electron chi connectivity index (χ4n) is 1.44. The predicted molar refractivity (Wildman–Crippen MR) is 68.1 cm³/mol. The van der Waals surface area contributed by atoms with Crippen LogP contribution in [-0.4, -0.2) is 27.1 Å². The summed E-state index contributed by atoms with van der Waals surface area (Å²) < 4.78 is 32.7. The standard InChI is InChI=1S/C13H12O5S/c1-19(15,16)11-6-4-10(5-7-11)18-9-12(14)13-3-2-8-17-13/h2-8H,9H2,1H3. The van der Waals surface area contributed by atoms with Crippen LogP contribution in [0.1, 0.15) is 10.6 Å². The zero-order valence-corrected chi connectivity index (χ0v) is 11.0. The first-order chi connectivity index (χ1) is 8.97. The van der Waals surface area contributed by atoms with Crippen molar-refractivity contribution in [3.8, 4) is 5.75 Å². The number of sulfone groups is 1. The van der Waals surface area contributed by atoms with Crippen molar-refractivity contribution in [1.82, 2.24) is 0 Å². The van der Waals surface area contributed by atoms with Gasteiger partial charge in [-0.25, -0.2) is 8.42 Å². The molecule has 0 radical (unpaired) electrons. The Morgan fingerprint density at radius 1 is 1.21 bits per heavy atom. The van der Waals surface area contributed by atoms with E-state index in [1.54, 1.807) is 12.1 Å². The van der Waals surface area contributed by atoms with Crippen molar-refractivity contribution in [3.63, 3.8) is 0 Å². The van der Waals surface area contributed by atoms with Gasteiger partial charge in [0.25, 0.3) is 0 Å². The highest BCUT2D eigenvalue weighted by Gasteiger charge is 2.10. The first kappa shape index (κ1) is 13.4. The summed E-state index contributed by atoms with van der Waals surface area (Å²) in [5.41, 5.74) is 0. The minimum atomic E-state index is -3.22. The van der Waals surface area contributed by atoms with E-state index < -0.39 is 9.84 Å². The lowest BCUT2D eigenvalue weighted by atomic mass is 10.3. The molecular weight excluding hydrogens is 268 g/mol. The first-order valence-corrected chi connectivity index (χ1v) is 7.35. The van der Waals surface area contributed by atoms with Crippen LogP contribution in [-0.2, 0) is 9.84 Å². The molecule has 0 saturated carbocycles. The third kappa shape index (κ3) is 3.45. The third-order valence-electron chi connectivity index (χ3n) is 2.42. The van der Waals surface area contributed by atoms with E-state index >= 15 is 0 Å². The SMILES string of the molecule is CS(=O)(=O)c1ccc(OCC(=O)c2ccco2)cc1. The Bertz CT molecular complexity index is 654. The molecule has 0 spiro atoms. The highest BCUT2D eigenvalue weighted by molar-refractivity contribution is 7.90. The molecule has 2 rings (SSSR count). The van der Waals surface area contributed by atoms with E-state index in [4.69, 9.17) is 9.15 Å². The molecule has 1 aromatic heterocycles. The van der Waals surface area contributed by atoms with Gasteiger partial charge >= 0.3 is 0 Å². The van der Waals surface area contributed by atoms with Crippen LogP contribution in [0.2, 0.25) is 0 Å². The molecular formula is C13H12O5S. The monoisotopic (exact) mass is 280 g/mol. The summed E-state index contributed by atoms with van der Waals surface area (Å²) in [6, 6.07) is 9.05. The summed E-state index contributed by atoms with van der Waals surface area (Å²) in [4.78, 5) is 11.8. The van der Waals surface area contributed by atoms with Crippen LogP contribution in [0.25, 0.3) is 0 Å². The number of carbonyl (C=O) groups is 1. The molecule has 0 saturated heterocycles. The number of benzene rings is 1. The van der Waals surface area contributed by atoms with Gasteiger partial charge < -0.3 is 9.15 Å². The highest BCUT2D eigenvalue weighted by atomic mass is 32.2. The van der Waals surface area contributed by atoms with E-state index in [1.165, 1.54) is 30.5 Å². The van der Waals surface area contributed by atoms with Crippen LogP contribution >= 0.6 is 0 Å². The van der Waals surface area contributed by atoms with Gasteiger partial charge in [0.1, 0.15) is 5.75 Å². The Morgan fingerprint density at radius 3 is 2.42 bits per heavy atom. The van der Waals surface area contributed by atoms with Crippen LogP contribution in [0.5, 0.6) is 5.75 Å². The van der Waals surface area contributed by atoms with Crippen molar-refractivity contribution in [2.75, 3.05) is 12.9 Å². The topological polar surface area (TPSA) is 73.6 Å². The predicted octanol–water partition coefficient (Wildman–Crippen LogP) is 1.94. The summed E-state index contributed by atoms with van der Waals surface area (Å²) in [5.74, 6) is 0.372. The van der Waals surface area contributed by atoms with Gasteiger partial charge in [0.15, 0.2) is 22.2 Å². The van der Waals surface area contributed by atoms with Gasteiger partial charge in [-0.15, -0.1) is 0 Å². The minimum absolute atomic E-state index is 0.161. The summed E-state index contributed by atoms with van der Waals surface area (Å²) in [6.07, 6.45) is 2.54. The number of carbonyl (C=O) groups excluding carboxylic acids is 1. The number of ketones is 1. The Hall–Kier alpha value is -2.08. The van der Waals surface area contributed by atoms with E-state index in [0.29, 0.717) is 5.75 Å². The van der Waals surface area contributed by atoms with Gasteiger partial charge in [-0.1, -0.05) is 0 Å². The lowest BCUT2D eigenvalue weighted by Crippen LogP contribution is -2.10. The zero-order chi connectivity index (χ0) is 13.9. The Balaban J connectivity index is 1.99. The van der Waals surface area contributed by atoms with Crippen molar-refractivity contribution in [2.24, 2.45) is 0 Å². The van der Waals surface area contributed by atoms with Crippen LogP contribution in [0.3, 0.4) is 0 Å². The molecule has 0 aliphatic rings. The van der Waals surface area contributed by atoms with Gasteiger partial charge in [0, 0.05) is 6.26 Å². The van der Waals surface area contributed by atoms with Crippen molar-refractivity contribution in [3.05, 3.63) is 48.4 Å². The fourth-order valence-corrected chi connectivity index (χ4v) is 2.07. The van der Waals surface area contributed by atoms with E-state index in [9.17, 15) is 13.2 Å². The zero-order valence-electron chi connectivity index (χ0n) is 10.2. The summed E-state index contributed by atoms with van der Waals surface area (Å²) in [5, 5.41) is 0. The maximum atomic E-state index is 11.6. The molecule has 0 amide bonds. The van der Waals surface area contributed by atoms with Crippen LogP contribution < -0.4 is 4.74 Å². The normalized spacial score (nSPS) is 11.2. The Morgan fingerprint density at radius 2 is 1.89 bits per heavy atom. The van der Waals surface area contributed by atoms with Crippen molar-refractivity contribution in [1.29, 1.82) is 0 Å². The molecule has 5 nitrogen and oxygen atoms in total. The quantitative estimate of drug-likeness (QED) is 0.782. The van der Waals surface area contributed by atoms with Crippen molar-refractivity contribution < 1.29 is 22.4 Å². The maximum Gasteiger partial charge on any atom is 0.235 e. The molecule has 0 unspecified atom stereocenters. The number of hydrogen-bond acceptors (Lipinski definition) is 5. The molecule has 100 valence electrons. The second kappa shape index (κ2) is 5.27. The molecule has 6 heteroatoms. The first-order valence-electron chi connectivity index (χ1n) is 5.46. The number of ether oxygens (including phenoxy) is 1. The van der Waals surface area contributed by atoms with Gasteiger partial charge in [-0.2, -0.15) is 0 Å². The average Bonchev–Trinajstić information content (AvgIpc) is 2.89. The third-order valence-corrected chi connectivity index (χ3v) is 3.55. The average molecular weight is 280 g/mol. The molecule has 0 aliphatic heterocycles. The lowest BCUT2D eigenvalue weighted by Gasteiger charge is -2.05. The van der Waals surface area contributed by atoms with Gasteiger partial charge in [0.05, 0.1) is 11.2 Å². The largest absolute Gasteiger partial charge is 0.485 e. The van der Waals surface area contributed by atoms with E-state index in [2.05, 4.69) is 0 Å². The number of Topliss-reactive ketones (excluding diaryl/α,β-unsaturated/α-hetero) is 1. The summed E-state index contributed by atoms with van der Waals surface area (Å²) in [7, 11) is -3.22. The Labute approximate surface area is 110 Å². The second-order valence-corrected chi connectivity index (χ2v) is 5.95. The summed E-state index contributed by atoms with van der Waals surface area (Å²) >= 11 is 0. The van der Waals surface area contributed by atoms with E-state index in [1.807, 2.05) is 0 Å². The Kier molecular flexibility index (Phi) is 3.71. The molecule has 1 heterocycles. The summed E-state index contributed by atoms with van der Waals surface area (Å²) in [6.45, 7) is -0.161. The molecule has 0 aliphatic carbocycles. The van der Waals surface area contributed by atoms with Crippen LogP contribution in [0.4, 0.5) is 0 Å². The molecule has 0 N–H and O–H groups in total. The molecule has 19 heavy (non-hydrogen) atoms. The molecule has 1 aromatic carbocycles. The number of hydrogen-bond donors (Lipinski definition) is 0. The number of rotatable bonds is 5. The smallest absolute Gasteiger partial charge is 0.235 e. The van der Waals surface area contributed by atoms with Crippen LogP contribution in [0, 0.1) is 0 Å². The second-order valence-electron chi connectivity index (χ2n) is 3.93. The van der Waals surface area contributed by atoms with Crippen LogP contribution in [0.15, 0.2) is 52.0 Å². The van der Waals surface area contributed by atoms with Gasteiger partial charge in [-0.3, -0.25) is 4.79 Å². The highest BCUT2D eigenvalue weighted by Crippen LogP contribution is 2.16. The molecule has 2 aromatic rings. The van der Waals surface area contributed by atoms with E-state index in [-0.39, 0.29) is 23.0 Å². The molecule has 0 bridgehead atoms. The van der Waals surface area contributed by atoms with Gasteiger partial charge in [-0.05, 0) is 36.4 Å².